The van der Waals surface area contributed by atoms with Gasteiger partial charge in [-0.05, 0) is 36.9 Å². The molecular weight excluding hydrogens is 362 g/mol. The van der Waals surface area contributed by atoms with Crippen LogP contribution in [0.2, 0.25) is 0 Å². The SMILES string of the molecule is CCNS(=O)(=O)c1ccc(C(=O)N2CCN(C)C[C@@H]2c2ccccc2)cc1. The van der Waals surface area contributed by atoms with Crippen molar-refractivity contribution < 1.29 is 13.2 Å². The Morgan fingerprint density at radius 1 is 1.07 bits per heavy atom. The number of sulfonamides is 1. The normalized spacial score (nSPS) is 18.4. The highest BCUT2D eigenvalue weighted by Crippen LogP contribution is 2.26. The molecule has 3 rings (SSSR count). The number of benzene rings is 2. The first-order valence-electron chi connectivity index (χ1n) is 9.06. The first-order chi connectivity index (χ1) is 12.9. The fourth-order valence-corrected chi connectivity index (χ4v) is 4.38. The van der Waals surface area contributed by atoms with Crippen LogP contribution in [0.25, 0.3) is 0 Å². The highest BCUT2D eigenvalue weighted by atomic mass is 32.2. The van der Waals surface area contributed by atoms with Crippen LogP contribution in [0.5, 0.6) is 0 Å². The van der Waals surface area contributed by atoms with Gasteiger partial charge in [-0.2, -0.15) is 0 Å². The second-order valence-electron chi connectivity index (χ2n) is 6.71. The van der Waals surface area contributed by atoms with Gasteiger partial charge in [-0.15, -0.1) is 0 Å². The van der Waals surface area contributed by atoms with E-state index in [2.05, 4.69) is 16.7 Å². The summed E-state index contributed by atoms with van der Waals surface area (Å²) in [6.07, 6.45) is 0. The Hall–Kier alpha value is -2.22. The Bertz CT molecular complexity index is 882. The van der Waals surface area contributed by atoms with E-state index in [0.29, 0.717) is 18.7 Å². The largest absolute Gasteiger partial charge is 0.329 e. The lowest BCUT2D eigenvalue weighted by Gasteiger charge is -2.40. The summed E-state index contributed by atoms with van der Waals surface area (Å²) >= 11 is 0. The minimum Gasteiger partial charge on any atom is -0.329 e. The van der Waals surface area contributed by atoms with Crippen LogP contribution in [-0.2, 0) is 10.0 Å². The molecule has 1 fully saturated rings. The van der Waals surface area contributed by atoms with Crippen LogP contribution in [0.1, 0.15) is 28.9 Å². The van der Waals surface area contributed by atoms with E-state index >= 15 is 0 Å². The number of amides is 1. The molecule has 0 spiro atoms. The van der Waals surface area contributed by atoms with E-state index in [1.54, 1.807) is 19.1 Å². The van der Waals surface area contributed by atoms with E-state index in [1.807, 2.05) is 35.2 Å². The molecule has 2 aromatic carbocycles. The van der Waals surface area contributed by atoms with Crippen molar-refractivity contribution in [2.24, 2.45) is 0 Å². The van der Waals surface area contributed by atoms with Gasteiger partial charge in [0.25, 0.3) is 5.91 Å². The van der Waals surface area contributed by atoms with Crippen molar-refractivity contribution in [1.29, 1.82) is 0 Å². The highest BCUT2D eigenvalue weighted by molar-refractivity contribution is 7.89. The molecule has 0 unspecified atom stereocenters. The molecule has 1 N–H and O–H groups in total. The third kappa shape index (κ3) is 4.37. The second-order valence-corrected chi connectivity index (χ2v) is 8.48. The Morgan fingerprint density at radius 3 is 2.37 bits per heavy atom. The van der Waals surface area contributed by atoms with Crippen molar-refractivity contribution >= 4 is 15.9 Å². The average molecular weight is 388 g/mol. The highest BCUT2D eigenvalue weighted by Gasteiger charge is 2.30. The van der Waals surface area contributed by atoms with Gasteiger partial charge in [0.2, 0.25) is 10.0 Å². The van der Waals surface area contributed by atoms with Crippen molar-refractivity contribution in [1.82, 2.24) is 14.5 Å². The van der Waals surface area contributed by atoms with Crippen LogP contribution in [0.15, 0.2) is 59.5 Å². The summed E-state index contributed by atoms with van der Waals surface area (Å²) in [6.45, 7) is 4.26. The van der Waals surface area contributed by atoms with E-state index in [9.17, 15) is 13.2 Å². The smallest absolute Gasteiger partial charge is 0.254 e. The van der Waals surface area contributed by atoms with Crippen molar-refractivity contribution in [3.63, 3.8) is 0 Å². The number of nitrogens with zero attached hydrogens (tertiary/aromatic N) is 2. The molecule has 1 saturated heterocycles. The molecule has 7 heteroatoms. The number of likely N-dealkylation sites (N-methyl/N-ethyl adjacent to an activating group) is 1. The van der Waals surface area contributed by atoms with Crippen molar-refractivity contribution in [2.45, 2.75) is 17.9 Å². The van der Waals surface area contributed by atoms with Crippen LogP contribution in [0.4, 0.5) is 0 Å². The van der Waals surface area contributed by atoms with Crippen LogP contribution < -0.4 is 4.72 Å². The molecular formula is C20H25N3O3S. The minimum atomic E-state index is -3.52. The molecule has 0 aromatic heterocycles. The van der Waals surface area contributed by atoms with E-state index in [-0.39, 0.29) is 16.8 Å². The molecule has 6 nitrogen and oxygen atoms in total. The first-order valence-corrected chi connectivity index (χ1v) is 10.5. The van der Waals surface area contributed by atoms with Gasteiger partial charge in [0.1, 0.15) is 0 Å². The van der Waals surface area contributed by atoms with Crippen LogP contribution in [0.3, 0.4) is 0 Å². The molecule has 0 saturated carbocycles. The standard InChI is InChI=1S/C20H25N3O3S/c1-3-21-27(25,26)18-11-9-17(10-12-18)20(24)23-14-13-22(2)15-19(23)16-7-5-4-6-8-16/h4-12,19,21H,3,13-15H2,1-2H3/t19-/m1/s1. The molecule has 0 radical (unpaired) electrons. The second kappa shape index (κ2) is 8.21. The lowest BCUT2D eigenvalue weighted by Crippen LogP contribution is -2.49. The van der Waals surface area contributed by atoms with Crippen LogP contribution >= 0.6 is 0 Å². The topological polar surface area (TPSA) is 69.7 Å². The lowest BCUT2D eigenvalue weighted by molar-refractivity contribution is 0.0498. The summed E-state index contributed by atoms with van der Waals surface area (Å²) in [5.41, 5.74) is 1.60. The van der Waals surface area contributed by atoms with Crippen molar-refractivity contribution in [3.8, 4) is 0 Å². The van der Waals surface area contributed by atoms with Gasteiger partial charge >= 0.3 is 0 Å². The molecule has 1 heterocycles. The molecule has 0 bridgehead atoms. The van der Waals surface area contributed by atoms with Gasteiger partial charge in [-0.25, -0.2) is 13.1 Å². The first kappa shape index (κ1) is 19.5. The summed E-state index contributed by atoms with van der Waals surface area (Å²) in [4.78, 5) is 17.4. The van der Waals surface area contributed by atoms with E-state index in [0.717, 1.165) is 18.7 Å². The molecule has 1 aliphatic rings. The minimum absolute atomic E-state index is 0.0254. The third-order valence-electron chi connectivity index (χ3n) is 4.77. The summed E-state index contributed by atoms with van der Waals surface area (Å²) in [6, 6.07) is 16.1. The fraction of sp³-hybridized carbons (Fsp3) is 0.350. The number of piperazine rings is 1. The molecule has 27 heavy (non-hydrogen) atoms. The van der Waals surface area contributed by atoms with E-state index in [4.69, 9.17) is 0 Å². The van der Waals surface area contributed by atoms with Gasteiger partial charge in [0.15, 0.2) is 0 Å². The summed E-state index contributed by atoms with van der Waals surface area (Å²) in [5, 5.41) is 0. The Balaban J connectivity index is 1.85. The zero-order valence-electron chi connectivity index (χ0n) is 15.6. The van der Waals surface area contributed by atoms with Crippen molar-refractivity contribution in [3.05, 3.63) is 65.7 Å². The summed E-state index contributed by atoms with van der Waals surface area (Å²) in [7, 11) is -1.47. The number of carbonyl (C=O) groups excluding carboxylic acids is 1. The third-order valence-corrected chi connectivity index (χ3v) is 6.34. The maximum absolute atomic E-state index is 13.1. The zero-order chi connectivity index (χ0) is 19.4. The zero-order valence-corrected chi connectivity index (χ0v) is 16.4. The van der Waals surface area contributed by atoms with Gasteiger partial charge < -0.3 is 9.80 Å². The summed E-state index contributed by atoms with van der Waals surface area (Å²) < 4.78 is 26.6. The van der Waals surface area contributed by atoms with Gasteiger partial charge in [-0.1, -0.05) is 37.3 Å². The Morgan fingerprint density at radius 2 is 1.74 bits per heavy atom. The monoisotopic (exact) mass is 387 g/mol. The number of carbonyl (C=O) groups is 1. The maximum Gasteiger partial charge on any atom is 0.254 e. The predicted molar refractivity (Wildman–Crippen MR) is 105 cm³/mol. The number of rotatable bonds is 5. The molecule has 1 amide bonds. The number of hydrogen-bond acceptors (Lipinski definition) is 4. The van der Waals surface area contributed by atoms with Gasteiger partial charge in [-0.3, -0.25) is 4.79 Å². The van der Waals surface area contributed by atoms with E-state index < -0.39 is 10.0 Å². The maximum atomic E-state index is 13.1. The van der Waals surface area contributed by atoms with Gasteiger partial charge in [0.05, 0.1) is 10.9 Å². The number of nitrogens with one attached hydrogen (secondary N) is 1. The van der Waals surface area contributed by atoms with Crippen LogP contribution in [0, 0.1) is 0 Å². The lowest BCUT2D eigenvalue weighted by atomic mass is 10.0. The fourth-order valence-electron chi connectivity index (χ4n) is 3.34. The van der Waals surface area contributed by atoms with E-state index in [1.165, 1.54) is 12.1 Å². The Kier molecular flexibility index (Phi) is 5.94. The molecule has 144 valence electrons. The molecule has 2 aromatic rings. The molecule has 1 atom stereocenters. The molecule has 0 aliphatic carbocycles. The Labute approximate surface area is 160 Å². The average Bonchev–Trinajstić information content (AvgIpc) is 2.68. The van der Waals surface area contributed by atoms with Gasteiger partial charge in [0, 0.05) is 31.7 Å². The number of hydrogen-bond donors (Lipinski definition) is 1. The van der Waals surface area contributed by atoms with Crippen LogP contribution in [-0.4, -0.2) is 57.4 Å². The summed E-state index contributed by atoms with van der Waals surface area (Å²) in [5.74, 6) is -0.0793. The van der Waals surface area contributed by atoms with Crippen molar-refractivity contribution in [2.75, 3.05) is 33.2 Å². The predicted octanol–water partition coefficient (Wildman–Crippen LogP) is 2.11. The quantitative estimate of drug-likeness (QED) is 0.853. The molecule has 1 aliphatic heterocycles.